The quantitative estimate of drug-likeness (QED) is 0.573. The first-order valence-corrected chi connectivity index (χ1v) is 8.22. The Hall–Kier alpha value is -3.36. The predicted molar refractivity (Wildman–Crippen MR) is 95.6 cm³/mol. The minimum atomic E-state index is -1.03. The van der Waals surface area contributed by atoms with Crippen LogP contribution < -0.4 is 21.0 Å². The van der Waals surface area contributed by atoms with E-state index in [-0.39, 0.29) is 19.6 Å². The third-order valence-corrected chi connectivity index (χ3v) is 3.70. The number of carbonyl (C=O) groups is 3. The Balaban J connectivity index is 1.88. The first-order valence-electron chi connectivity index (χ1n) is 8.22. The molecule has 9 nitrogen and oxygen atoms in total. The van der Waals surface area contributed by atoms with Gasteiger partial charge in [0.05, 0.1) is 6.42 Å². The van der Waals surface area contributed by atoms with Gasteiger partial charge in [-0.25, -0.2) is 4.79 Å². The maximum atomic E-state index is 11.9. The number of carbonyl (C=O) groups excluding carboxylic acids is 2. The molecule has 2 rings (SSSR count). The van der Waals surface area contributed by atoms with E-state index in [9.17, 15) is 19.2 Å². The van der Waals surface area contributed by atoms with E-state index in [0.717, 1.165) is 10.9 Å². The molecule has 2 amide bonds. The molecule has 9 heteroatoms. The lowest BCUT2D eigenvalue weighted by molar-refractivity contribution is -0.137. The minimum absolute atomic E-state index is 0.0212. The zero-order chi connectivity index (χ0) is 20.0. The summed E-state index contributed by atoms with van der Waals surface area (Å²) in [4.78, 5) is 45.5. The number of nitrogens with one attached hydrogen (secondary N) is 2. The molecule has 1 aromatic heterocycles. The zero-order valence-electron chi connectivity index (χ0n) is 14.9. The lowest BCUT2D eigenvalue weighted by atomic mass is 10.1. The Morgan fingerprint density at radius 1 is 1.26 bits per heavy atom. The molecule has 27 heavy (non-hydrogen) atoms. The van der Waals surface area contributed by atoms with E-state index in [2.05, 4.69) is 10.6 Å². The third kappa shape index (κ3) is 5.84. The number of hydrogen-bond acceptors (Lipinski definition) is 6. The number of amides is 2. The standard InChI is InChI=1S/C18H20N2O7/c1-10-7-17(24)27-14-8-12(3-4-13(10)14)26-9-15(21)20-11(2)18(25)19-6-5-16(22)23/h3-4,7-8,11H,5-6,9H2,1-2H3,(H,19,25)(H,20,21)(H,22,23). The molecule has 0 radical (unpaired) electrons. The van der Waals surface area contributed by atoms with Crippen LogP contribution in [0.25, 0.3) is 11.0 Å². The molecule has 0 saturated carbocycles. The molecule has 1 aromatic carbocycles. The molecule has 2 aromatic rings. The van der Waals surface area contributed by atoms with Gasteiger partial charge in [-0.2, -0.15) is 0 Å². The van der Waals surface area contributed by atoms with Crippen molar-refractivity contribution >= 4 is 28.8 Å². The Morgan fingerprint density at radius 2 is 2.00 bits per heavy atom. The molecule has 144 valence electrons. The molecule has 0 aliphatic rings. The summed E-state index contributed by atoms with van der Waals surface area (Å²) >= 11 is 0. The summed E-state index contributed by atoms with van der Waals surface area (Å²) in [5, 5.41) is 14.1. The van der Waals surface area contributed by atoms with Crippen molar-refractivity contribution in [3.05, 3.63) is 40.2 Å². The molecular weight excluding hydrogens is 356 g/mol. The average Bonchev–Trinajstić information content (AvgIpc) is 2.59. The number of hydrogen-bond donors (Lipinski definition) is 3. The van der Waals surface area contributed by atoms with E-state index in [0.29, 0.717) is 11.3 Å². The van der Waals surface area contributed by atoms with Crippen molar-refractivity contribution in [2.45, 2.75) is 26.3 Å². The predicted octanol–water partition coefficient (Wildman–Crippen LogP) is 0.576. The van der Waals surface area contributed by atoms with Crippen LogP contribution in [0.15, 0.2) is 33.5 Å². The van der Waals surface area contributed by atoms with Crippen LogP contribution in [-0.2, 0) is 14.4 Å². The van der Waals surface area contributed by atoms with Crippen molar-refractivity contribution in [1.29, 1.82) is 0 Å². The summed E-state index contributed by atoms with van der Waals surface area (Å²) in [7, 11) is 0. The summed E-state index contributed by atoms with van der Waals surface area (Å²) < 4.78 is 10.5. The fourth-order valence-corrected chi connectivity index (χ4v) is 2.34. The van der Waals surface area contributed by atoms with Gasteiger partial charge in [-0.1, -0.05) is 0 Å². The molecule has 1 atom stereocenters. The van der Waals surface area contributed by atoms with Crippen LogP contribution in [0.5, 0.6) is 5.75 Å². The highest BCUT2D eigenvalue weighted by atomic mass is 16.5. The number of ether oxygens (including phenoxy) is 1. The fourth-order valence-electron chi connectivity index (χ4n) is 2.34. The van der Waals surface area contributed by atoms with Gasteiger partial charge in [0.2, 0.25) is 5.91 Å². The number of benzene rings is 1. The number of rotatable bonds is 8. The van der Waals surface area contributed by atoms with Crippen molar-refractivity contribution in [2.24, 2.45) is 0 Å². The Morgan fingerprint density at radius 3 is 2.70 bits per heavy atom. The molecule has 0 fully saturated rings. The van der Waals surface area contributed by atoms with Gasteiger partial charge in [0.1, 0.15) is 17.4 Å². The summed E-state index contributed by atoms with van der Waals surface area (Å²) in [6.07, 6.45) is -0.201. The highest BCUT2D eigenvalue weighted by Gasteiger charge is 2.16. The highest BCUT2D eigenvalue weighted by molar-refractivity contribution is 5.88. The number of carboxylic acid groups (broad SMARTS) is 1. The molecule has 0 spiro atoms. The van der Waals surface area contributed by atoms with Crippen LogP contribution >= 0.6 is 0 Å². The topological polar surface area (TPSA) is 135 Å². The molecular formula is C18H20N2O7. The normalized spacial score (nSPS) is 11.6. The number of carboxylic acids is 1. The Kier molecular flexibility index (Phi) is 6.53. The van der Waals surface area contributed by atoms with E-state index < -0.39 is 29.5 Å². The van der Waals surface area contributed by atoms with Gasteiger partial charge in [-0.3, -0.25) is 14.4 Å². The number of fused-ring (bicyclic) bond motifs is 1. The van der Waals surface area contributed by atoms with E-state index in [1.165, 1.54) is 19.1 Å². The van der Waals surface area contributed by atoms with Gasteiger partial charge in [0, 0.05) is 24.1 Å². The van der Waals surface area contributed by atoms with E-state index in [1.807, 2.05) is 0 Å². The molecule has 3 N–H and O–H groups in total. The van der Waals surface area contributed by atoms with Crippen molar-refractivity contribution in [1.82, 2.24) is 10.6 Å². The van der Waals surface area contributed by atoms with Crippen molar-refractivity contribution in [3.8, 4) is 5.75 Å². The second-order valence-electron chi connectivity index (χ2n) is 5.92. The van der Waals surface area contributed by atoms with Crippen molar-refractivity contribution in [2.75, 3.05) is 13.2 Å². The SMILES string of the molecule is Cc1cc(=O)oc2cc(OCC(=O)NC(C)C(=O)NCCC(=O)O)ccc12. The largest absolute Gasteiger partial charge is 0.484 e. The summed E-state index contributed by atoms with van der Waals surface area (Å²) in [5.74, 6) is -1.71. The Bertz CT molecular complexity index is 920. The van der Waals surface area contributed by atoms with E-state index in [4.69, 9.17) is 14.3 Å². The zero-order valence-corrected chi connectivity index (χ0v) is 14.9. The molecule has 0 bridgehead atoms. The number of aryl methyl sites for hydroxylation is 1. The van der Waals surface area contributed by atoms with Gasteiger partial charge >= 0.3 is 11.6 Å². The fraction of sp³-hybridized carbons (Fsp3) is 0.333. The lowest BCUT2D eigenvalue weighted by Gasteiger charge is -2.14. The van der Waals surface area contributed by atoms with Gasteiger partial charge < -0.3 is 24.9 Å². The van der Waals surface area contributed by atoms with Crippen LogP contribution in [0.1, 0.15) is 18.9 Å². The molecule has 0 aliphatic carbocycles. The average molecular weight is 376 g/mol. The maximum absolute atomic E-state index is 11.9. The molecule has 1 unspecified atom stereocenters. The highest BCUT2D eigenvalue weighted by Crippen LogP contribution is 2.22. The monoisotopic (exact) mass is 376 g/mol. The van der Waals surface area contributed by atoms with Crippen LogP contribution in [-0.4, -0.2) is 42.1 Å². The summed E-state index contributed by atoms with van der Waals surface area (Å²) in [6.45, 7) is 2.90. The first-order chi connectivity index (χ1) is 12.8. The van der Waals surface area contributed by atoms with Gasteiger partial charge in [0.15, 0.2) is 6.61 Å². The smallest absolute Gasteiger partial charge is 0.336 e. The summed E-state index contributed by atoms with van der Waals surface area (Å²) in [5.41, 5.74) is 0.648. The van der Waals surface area contributed by atoms with Crippen LogP contribution in [0.2, 0.25) is 0 Å². The van der Waals surface area contributed by atoms with Crippen LogP contribution in [0.3, 0.4) is 0 Å². The van der Waals surface area contributed by atoms with E-state index >= 15 is 0 Å². The third-order valence-electron chi connectivity index (χ3n) is 3.70. The Labute approximate surface area is 154 Å². The van der Waals surface area contributed by atoms with Gasteiger partial charge in [0.25, 0.3) is 5.91 Å². The van der Waals surface area contributed by atoms with Gasteiger partial charge in [-0.15, -0.1) is 0 Å². The first kappa shape index (κ1) is 20.0. The molecule has 0 saturated heterocycles. The van der Waals surface area contributed by atoms with E-state index in [1.54, 1.807) is 19.1 Å². The molecule has 1 heterocycles. The minimum Gasteiger partial charge on any atom is -0.484 e. The lowest BCUT2D eigenvalue weighted by Crippen LogP contribution is -2.46. The second-order valence-corrected chi connectivity index (χ2v) is 5.92. The van der Waals surface area contributed by atoms with Crippen LogP contribution in [0.4, 0.5) is 0 Å². The molecule has 0 aliphatic heterocycles. The maximum Gasteiger partial charge on any atom is 0.336 e. The van der Waals surface area contributed by atoms with Crippen LogP contribution in [0, 0.1) is 6.92 Å². The van der Waals surface area contributed by atoms with Crippen molar-refractivity contribution < 1.29 is 28.6 Å². The number of aliphatic carboxylic acids is 1. The summed E-state index contributed by atoms with van der Waals surface area (Å²) in [6, 6.07) is 5.43. The van der Waals surface area contributed by atoms with Gasteiger partial charge in [-0.05, 0) is 31.5 Å². The second kappa shape index (κ2) is 8.84. The van der Waals surface area contributed by atoms with Crippen molar-refractivity contribution in [3.63, 3.8) is 0 Å².